The number of hydrogen-bond donors (Lipinski definition) is 1. The van der Waals surface area contributed by atoms with Crippen LogP contribution in [0.2, 0.25) is 0 Å². The molecule has 1 aliphatic rings. The molecule has 2 aromatic heterocycles. The summed E-state index contributed by atoms with van der Waals surface area (Å²) >= 11 is 3.31. The largest absolute Gasteiger partial charge is 0.352 e. The molecule has 1 aromatic carbocycles. The number of nitrogens with one attached hydrogen (secondary N) is 1. The molecule has 2 amide bonds. The SMILES string of the molecule is CC[C@@H](C)NC(=O)CN1C(=O)CS[C@H](c2cccs2)c2c(C(C)(C)C)nn(-c3cccc(C)c3)c21. The number of anilines is 1. The van der Waals surface area contributed by atoms with Crippen LogP contribution in [-0.2, 0) is 15.0 Å². The lowest BCUT2D eigenvalue weighted by atomic mass is 9.88. The van der Waals surface area contributed by atoms with Gasteiger partial charge in [0.2, 0.25) is 11.8 Å². The van der Waals surface area contributed by atoms with Crippen molar-refractivity contribution in [2.45, 2.75) is 64.7 Å². The van der Waals surface area contributed by atoms with Gasteiger partial charge in [-0.2, -0.15) is 5.10 Å². The molecular weight excluding hydrogens is 476 g/mol. The van der Waals surface area contributed by atoms with Crippen LogP contribution in [0.5, 0.6) is 0 Å². The quantitative estimate of drug-likeness (QED) is 0.467. The second-order valence-electron chi connectivity index (χ2n) is 10.1. The average molecular weight is 511 g/mol. The molecule has 186 valence electrons. The molecule has 0 aliphatic carbocycles. The minimum absolute atomic E-state index is 0.0328. The summed E-state index contributed by atoms with van der Waals surface area (Å²) in [4.78, 5) is 29.4. The minimum atomic E-state index is -0.257. The molecule has 0 radical (unpaired) electrons. The van der Waals surface area contributed by atoms with Crippen molar-refractivity contribution < 1.29 is 9.59 Å². The molecule has 2 atom stereocenters. The molecule has 8 heteroatoms. The first-order valence-electron chi connectivity index (χ1n) is 12.0. The molecule has 0 fully saturated rings. The van der Waals surface area contributed by atoms with Gasteiger partial charge in [-0.3, -0.25) is 14.5 Å². The first-order valence-corrected chi connectivity index (χ1v) is 14.0. The molecule has 35 heavy (non-hydrogen) atoms. The number of benzene rings is 1. The zero-order valence-electron chi connectivity index (χ0n) is 21.3. The van der Waals surface area contributed by atoms with E-state index in [2.05, 4.69) is 43.6 Å². The lowest BCUT2D eigenvalue weighted by Gasteiger charge is -2.24. The van der Waals surface area contributed by atoms with Crippen LogP contribution in [0.4, 0.5) is 5.82 Å². The van der Waals surface area contributed by atoms with Crippen LogP contribution < -0.4 is 10.2 Å². The summed E-state index contributed by atoms with van der Waals surface area (Å²) in [7, 11) is 0. The van der Waals surface area contributed by atoms with Gasteiger partial charge in [-0.1, -0.05) is 45.9 Å². The van der Waals surface area contributed by atoms with Crippen LogP contribution in [0.1, 0.15) is 68.0 Å². The van der Waals surface area contributed by atoms with Gasteiger partial charge in [0, 0.05) is 21.9 Å². The van der Waals surface area contributed by atoms with Gasteiger partial charge in [0.25, 0.3) is 0 Å². The van der Waals surface area contributed by atoms with Gasteiger partial charge in [0.15, 0.2) is 0 Å². The lowest BCUT2D eigenvalue weighted by molar-refractivity contribution is -0.123. The fourth-order valence-electron chi connectivity index (χ4n) is 4.24. The number of hydrogen-bond acceptors (Lipinski definition) is 5. The number of amides is 2. The van der Waals surface area contributed by atoms with Gasteiger partial charge in [0.1, 0.15) is 12.4 Å². The van der Waals surface area contributed by atoms with Crippen molar-refractivity contribution in [1.29, 1.82) is 0 Å². The number of nitrogens with zero attached hydrogens (tertiary/aromatic N) is 3. The molecule has 6 nitrogen and oxygen atoms in total. The number of carbonyl (C=O) groups is 2. The van der Waals surface area contributed by atoms with E-state index in [1.54, 1.807) is 28.0 Å². The van der Waals surface area contributed by atoms with Crippen molar-refractivity contribution in [3.05, 3.63) is 63.5 Å². The molecular formula is C27H34N4O2S2. The van der Waals surface area contributed by atoms with Crippen molar-refractivity contribution in [1.82, 2.24) is 15.1 Å². The third kappa shape index (κ3) is 5.33. The first-order chi connectivity index (χ1) is 16.6. The van der Waals surface area contributed by atoms with E-state index in [9.17, 15) is 9.59 Å². The maximum absolute atomic E-state index is 13.6. The van der Waals surface area contributed by atoms with E-state index in [0.717, 1.165) is 28.9 Å². The van der Waals surface area contributed by atoms with E-state index in [-0.39, 0.29) is 35.1 Å². The van der Waals surface area contributed by atoms with Gasteiger partial charge in [0.05, 0.1) is 22.4 Å². The van der Waals surface area contributed by atoms with E-state index in [0.29, 0.717) is 11.6 Å². The second kappa shape index (κ2) is 10.2. The molecule has 1 aliphatic heterocycles. The molecule has 1 N–H and O–H groups in total. The number of thiophene rings is 1. The highest BCUT2D eigenvalue weighted by Crippen LogP contribution is 2.49. The Kier molecular flexibility index (Phi) is 7.43. The van der Waals surface area contributed by atoms with Crippen molar-refractivity contribution >= 4 is 40.7 Å². The summed E-state index contributed by atoms with van der Waals surface area (Å²) < 4.78 is 1.88. The van der Waals surface area contributed by atoms with Crippen LogP contribution in [0.3, 0.4) is 0 Å². The summed E-state index contributed by atoms with van der Waals surface area (Å²) in [5, 5.41) is 10.2. The summed E-state index contributed by atoms with van der Waals surface area (Å²) in [6.45, 7) is 12.5. The Morgan fingerprint density at radius 2 is 2.03 bits per heavy atom. The molecule has 0 unspecified atom stereocenters. The predicted octanol–water partition coefficient (Wildman–Crippen LogP) is 5.62. The third-order valence-corrected chi connectivity index (χ3v) is 8.49. The number of aryl methyl sites for hydroxylation is 1. The summed E-state index contributed by atoms with van der Waals surface area (Å²) in [6.07, 6.45) is 0.830. The maximum atomic E-state index is 13.6. The molecule has 3 aromatic rings. The number of carbonyl (C=O) groups excluding carboxylic acids is 2. The molecule has 4 rings (SSSR count). The zero-order chi connectivity index (χ0) is 25.3. The molecule has 0 bridgehead atoms. The van der Waals surface area contributed by atoms with E-state index in [4.69, 9.17) is 5.10 Å². The second-order valence-corrected chi connectivity index (χ2v) is 12.2. The molecule has 0 saturated heterocycles. The van der Waals surface area contributed by atoms with Gasteiger partial charge >= 0.3 is 0 Å². The monoisotopic (exact) mass is 510 g/mol. The van der Waals surface area contributed by atoms with Gasteiger partial charge < -0.3 is 5.32 Å². The van der Waals surface area contributed by atoms with Crippen LogP contribution in [0.15, 0.2) is 41.8 Å². The van der Waals surface area contributed by atoms with Crippen molar-refractivity contribution in [3.8, 4) is 5.69 Å². The lowest BCUT2D eigenvalue weighted by Crippen LogP contribution is -2.44. The van der Waals surface area contributed by atoms with Gasteiger partial charge in [-0.05, 0) is 49.4 Å². The number of rotatable bonds is 6. The molecule has 0 saturated carbocycles. The predicted molar refractivity (Wildman–Crippen MR) is 146 cm³/mol. The first kappa shape index (κ1) is 25.5. The molecule has 3 heterocycles. The Hall–Kier alpha value is -2.58. The van der Waals surface area contributed by atoms with Crippen LogP contribution in [0.25, 0.3) is 5.69 Å². The third-order valence-electron chi connectivity index (χ3n) is 6.17. The van der Waals surface area contributed by atoms with Crippen molar-refractivity contribution in [2.24, 2.45) is 0 Å². The normalized spacial score (nSPS) is 17.1. The van der Waals surface area contributed by atoms with E-state index in [1.807, 2.05) is 49.7 Å². The Morgan fingerprint density at radius 1 is 1.26 bits per heavy atom. The highest BCUT2D eigenvalue weighted by molar-refractivity contribution is 8.00. The summed E-state index contributed by atoms with van der Waals surface area (Å²) in [6, 6.07) is 12.3. The van der Waals surface area contributed by atoms with Gasteiger partial charge in [-0.15, -0.1) is 23.1 Å². The highest BCUT2D eigenvalue weighted by Gasteiger charge is 2.40. The Bertz CT molecular complexity index is 1210. The molecule has 0 spiro atoms. The minimum Gasteiger partial charge on any atom is -0.352 e. The smallest absolute Gasteiger partial charge is 0.240 e. The van der Waals surface area contributed by atoms with Crippen LogP contribution >= 0.6 is 23.1 Å². The zero-order valence-corrected chi connectivity index (χ0v) is 22.9. The topological polar surface area (TPSA) is 67.2 Å². The highest BCUT2D eigenvalue weighted by atomic mass is 32.2. The van der Waals surface area contributed by atoms with Crippen molar-refractivity contribution in [2.75, 3.05) is 17.2 Å². The van der Waals surface area contributed by atoms with Crippen LogP contribution in [-0.4, -0.2) is 39.9 Å². The van der Waals surface area contributed by atoms with E-state index >= 15 is 0 Å². The number of aromatic nitrogens is 2. The Balaban J connectivity index is 1.96. The number of thioether (sulfide) groups is 1. The Labute approximate surface area is 216 Å². The number of fused-ring (bicyclic) bond motifs is 1. The Morgan fingerprint density at radius 3 is 2.66 bits per heavy atom. The van der Waals surface area contributed by atoms with Crippen molar-refractivity contribution in [3.63, 3.8) is 0 Å². The summed E-state index contributed by atoms with van der Waals surface area (Å²) in [5.74, 6) is 0.759. The van der Waals surface area contributed by atoms with Gasteiger partial charge in [-0.25, -0.2) is 4.68 Å². The van der Waals surface area contributed by atoms with E-state index < -0.39 is 0 Å². The maximum Gasteiger partial charge on any atom is 0.240 e. The van der Waals surface area contributed by atoms with Crippen LogP contribution in [0, 0.1) is 6.92 Å². The standard InChI is InChI=1S/C27H34N4O2S2/c1-7-18(3)28-21(32)15-30-22(33)16-35-24(20-12-9-13-34-20)23-25(27(4,5)6)29-31(26(23)30)19-11-8-10-17(2)14-19/h8-14,18,24H,7,15-16H2,1-6H3,(H,28,32)/t18-,24-/m1/s1. The average Bonchev–Trinajstić information content (AvgIpc) is 3.44. The fraction of sp³-hybridized carbons (Fsp3) is 0.444. The van der Waals surface area contributed by atoms with E-state index in [1.165, 1.54) is 4.88 Å². The summed E-state index contributed by atoms with van der Waals surface area (Å²) in [5.41, 5.74) is 3.70. The fourth-order valence-corrected chi connectivity index (χ4v) is 6.42.